The number of carbonyl (C=O) groups is 1. The summed E-state index contributed by atoms with van der Waals surface area (Å²) in [6, 6.07) is 11.0. The molecule has 0 saturated carbocycles. The van der Waals surface area contributed by atoms with Crippen LogP contribution in [-0.4, -0.2) is 36.4 Å². The number of benzene rings is 1. The summed E-state index contributed by atoms with van der Waals surface area (Å²) in [4.78, 5) is 16.3. The maximum absolute atomic E-state index is 12.1. The molecule has 134 valence electrons. The molecule has 25 heavy (non-hydrogen) atoms. The molecule has 0 aliphatic carbocycles. The maximum atomic E-state index is 12.1. The van der Waals surface area contributed by atoms with Crippen LogP contribution < -0.4 is 5.32 Å². The van der Waals surface area contributed by atoms with E-state index in [2.05, 4.69) is 10.3 Å². The number of aryl methyl sites for hydroxylation is 2. The van der Waals surface area contributed by atoms with Crippen molar-refractivity contribution in [3.63, 3.8) is 0 Å². The third-order valence-electron chi connectivity index (χ3n) is 3.91. The van der Waals surface area contributed by atoms with Gasteiger partial charge in [-0.1, -0.05) is 12.1 Å². The van der Waals surface area contributed by atoms with E-state index in [1.54, 1.807) is 24.4 Å². The van der Waals surface area contributed by atoms with Gasteiger partial charge in [-0.2, -0.15) is 4.31 Å². The summed E-state index contributed by atoms with van der Waals surface area (Å²) in [5.74, 6) is -0.224. The Hall–Kier alpha value is -2.25. The molecular formula is C18H23N3O3S. The highest BCUT2D eigenvalue weighted by molar-refractivity contribution is 7.88. The van der Waals surface area contributed by atoms with Crippen LogP contribution in [0, 0.1) is 13.8 Å². The molecule has 2 aromatic rings. The van der Waals surface area contributed by atoms with E-state index in [1.807, 2.05) is 32.0 Å². The second kappa shape index (κ2) is 8.22. The number of aromatic nitrogens is 1. The molecule has 1 amide bonds. The lowest BCUT2D eigenvalue weighted by atomic mass is 10.1. The molecule has 6 nitrogen and oxygen atoms in total. The highest BCUT2D eigenvalue weighted by Crippen LogP contribution is 2.14. The van der Waals surface area contributed by atoms with Crippen LogP contribution >= 0.6 is 0 Å². The summed E-state index contributed by atoms with van der Waals surface area (Å²) < 4.78 is 25.2. The van der Waals surface area contributed by atoms with Crippen molar-refractivity contribution in [3.05, 3.63) is 59.4 Å². The van der Waals surface area contributed by atoms with Gasteiger partial charge in [-0.25, -0.2) is 8.42 Å². The second-order valence-electron chi connectivity index (χ2n) is 6.01. The Bertz CT molecular complexity index is 836. The lowest BCUT2D eigenvalue weighted by molar-refractivity contribution is -0.116. The van der Waals surface area contributed by atoms with Gasteiger partial charge in [-0.05, 0) is 49.2 Å². The zero-order chi connectivity index (χ0) is 18.4. The van der Waals surface area contributed by atoms with Crippen molar-refractivity contribution in [2.24, 2.45) is 0 Å². The number of hydrogen-bond donors (Lipinski definition) is 1. The van der Waals surface area contributed by atoms with E-state index < -0.39 is 10.0 Å². The van der Waals surface area contributed by atoms with E-state index in [0.717, 1.165) is 17.4 Å². The first kappa shape index (κ1) is 19.1. The third kappa shape index (κ3) is 5.95. The molecule has 0 spiro atoms. The molecule has 0 bridgehead atoms. The minimum atomic E-state index is -3.43. The molecule has 1 N–H and O–H groups in total. The first-order valence-electron chi connectivity index (χ1n) is 7.98. The van der Waals surface area contributed by atoms with Crippen LogP contribution in [0.1, 0.15) is 23.2 Å². The van der Waals surface area contributed by atoms with Crippen molar-refractivity contribution in [3.8, 4) is 0 Å². The number of hydrogen-bond acceptors (Lipinski definition) is 4. The number of carbonyl (C=O) groups excluding carboxylic acids is 1. The first-order chi connectivity index (χ1) is 11.8. The number of nitrogens with zero attached hydrogens (tertiary/aromatic N) is 2. The summed E-state index contributed by atoms with van der Waals surface area (Å²) >= 11 is 0. The third-order valence-corrected chi connectivity index (χ3v) is 5.16. The molecule has 0 radical (unpaired) electrons. The average molecular weight is 361 g/mol. The first-order valence-corrected chi connectivity index (χ1v) is 9.82. The second-order valence-corrected chi connectivity index (χ2v) is 8.00. The van der Waals surface area contributed by atoms with Gasteiger partial charge in [0.1, 0.15) is 0 Å². The van der Waals surface area contributed by atoms with Crippen LogP contribution in [0.5, 0.6) is 0 Å². The molecule has 0 atom stereocenters. The van der Waals surface area contributed by atoms with Gasteiger partial charge in [0.2, 0.25) is 15.9 Å². The molecule has 7 heteroatoms. The molecule has 0 aliphatic rings. The minimum Gasteiger partial charge on any atom is -0.326 e. The van der Waals surface area contributed by atoms with Crippen molar-refractivity contribution < 1.29 is 13.2 Å². The fourth-order valence-corrected chi connectivity index (χ4v) is 3.09. The van der Waals surface area contributed by atoms with Crippen LogP contribution in [-0.2, 0) is 21.4 Å². The monoisotopic (exact) mass is 361 g/mol. The van der Waals surface area contributed by atoms with Crippen LogP contribution in [0.3, 0.4) is 0 Å². The predicted octanol–water partition coefficient (Wildman–Crippen LogP) is 2.49. The van der Waals surface area contributed by atoms with Crippen molar-refractivity contribution in [1.29, 1.82) is 0 Å². The van der Waals surface area contributed by atoms with Crippen LogP contribution in [0.15, 0.2) is 42.6 Å². The number of nitrogens with one attached hydrogen (secondary N) is 1. The fourth-order valence-electron chi connectivity index (χ4n) is 2.30. The van der Waals surface area contributed by atoms with Gasteiger partial charge in [-0.15, -0.1) is 0 Å². The number of pyridine rings is 1. The van der Waals surface area contributed by atoms with E-state index in [-0.39, 0.29) is 25.4 Å². The summed E-state index contributed by atoms with van der Waals surface area (Å²) in [7, 11) is -3.43. The number of sulfonamides is 1. The molecule has 2 rings (SSSR count). The largest absolute Gasteiger partial charge is 0.326 e. The quantitative estimate of drug-likeness (QED) is 0.822. The molecule has 1 heterocycles. The standard InChI is InChI=1S/C18H23N3O3S/c1-14-7-8-16(12-15(14)2)20-18(22)9-11-21(25(3,23)24)13-17-6-4-5-10-19-17/h4-8,10,12H,9,11,13H2,1-3H3,(H,20,22). The van der Waals surface area contributed by atoms with Gasteiger partial charge in [-0.3, -0.25) is 9.78 Å². The SMILES string of the molecule is Cc1ccc(NC(=O)CCN(Cc2ccccn2)S(C)(=O)=O)cc1C. The van der Waals surface area contributed by atoms with Crippen molar-refractivity contribution in [2.75, 3.05) is 18.1 Å². The maximum Gasteiger partial charge on any atom is 0.225 e. The summed E-state index contributed by atoms with van der Waals surface area (Å²) in [6.07, 6.45) is 2.83. The molecule has 1 aromatic heterocycles. The zero-order valence-electron chi connectivity index (χ0n) is 14.7. The Morgan fingerprint density at radius 2 is 1.92 bits per heavy atom. The van der Waals surface area contributed by atoms with Crippen molar-refractivity contribution in [2.45, 2.75) is 26.8 Å². The van der Waals surface area contributed by atoms with Gasteiger partial charge in [0.05, 0.1) is 18.5 Å². The summed E-state index contributed by atoms with van der Waals surface area (Å²) in [5, 5.41) is 2.80. The smallest absolute Gasteiger partial charge is 0.225 e. The fraction of sp³-hybridized carbons (Fsp3) is 0.333. The Kier molecular flexibility index (Phi) is 6.27. The van der Waals surface area contributed by atoms with Gasteiger partial charge >= 0.3 is 0 Å². The van der Waals surface area contributed by atoms with Crippen molar-refractivity contribution >= 4 is 21.6 Å². The van der Waals surface area contributed by atoms with Crippen LogP contribution in [0.25, 0.3) is 0 Å². The van der Waals surface area contributed by atoms with Gasteiger partial charge in [0.25, 0.3) is 0 Å². The topological polar surface area (TPSA) is 79.4 Å². The Balaban J connectivity index is 1.97. The van der Waals surface area contributed by atoms with Gasteiger partial charge in [0, 0.05) is 24.8 Å². The lowest BCUT2D eigenvalue weighted by Gasteiger charge is -2.19. The molecule has 0 saturated heterocycles. The van der Waals surface area contributed by atoms with E-state index in [1.165, 1.54) is 4.31 Å². The Morgan fingerprint density at radius 3 is 2.52 bits per heavy atom. The van der Waals surface area contributed by atoms with E-state index >= 15 is 0 Å². The minimum absolute atomic E-state index is 0.0762. The molecule has 0 fully saturated rings. The Labute approximate surface area is 148 Å². The average Bonchev–Trinajstić information content (AvgIpc) is 2.55. The lowest BCUT2D eigenvalue weighted by Crippen LogP contribution is -2.32. The zero-order valence-corrected chi connectivity index (χ0v) is 15.5. The normalized spacial score (nSPS) is 11.5. The highest BCUT2D eigenvalue weighted by atomic mass is 32.2. The molecule has 0 unspecified atom stereocenters. The van der Waals surface area contributed by atoms with Gasteiger partial charge < -0.3 is 5.32 Å². The molecule has 1 aromatic carbocycles. The van der Waals surface area contributed by atoms with Gasteiger partial charge in [0.15, 0.2) is 0 Å². The molecular weight excluding hydrogens is 338 g/mol. The number of anilines is 1. The van der Waals surface area contributed by atoms with E-state index in [9.17, 15) is 13.2 Å². The van der Waals surface area contributed by atoms with Crippen LogP contribution in [0.2, 0.25) is 0 Å². The van der Waals surface area contributed by atoms with E-state index in [0.29, 0.717) is 11.4 Å². The van der Waals surface area contributed by atoms with E-state index in [4.69, 9.17) is 0 Å². The summed E-state index contributed by atoms with van der Waals surface area (Å²) in [5.41, 5.74) is 3.59. The predicted molar refractivity (Wildman–Crippen MR) is 98.7 cm³/mol. The molecule has 0 aliphatic heterocycles. The van der Waals surface area contributed by atoms with Crippen molar-refractivity contribution in [1.82, 2.24) is 9.29 Å². The number of amides is 1. The Morgan fingerprint density at radius 1 is 1.16 bits per heavy atom. The summed E-state index contributed by atoms with van der Waals surface area (Å²) in [6.45, 7) is 4.23. The number of rotatable bonds is 7. The highest BCUT2D eigenvalue weighted by Gasteiger charge is 2.19. The van der Waals surface area contributed by atoms with Crippen LogP contribution in [0.4, 0.5) is 5.69 Å².